The van der Waals surface area contributed by atoms with Gasteiger partial charge < -0.3 is 15.2 Å². The molecule has 2 aromatic carbocycles. The fraction of sp³-hybridized carbons (Fsp3) is 0.0556. The molecule has 2 N–H and O–H groups in total. The van der Waals surface area contributed by atoms with Crippen LogP contribution in [0, 0.1) is 0 Å². The van der Waals surface area contributed by atoms with E-state index in [-0.39, 0.29) is 11.4 Å². The van der Waals surface area contributed by atoms with Gasteiger partial charge >= 0.3 is 5.97 Å². The van der Waals surface area contributed by atoms with Gasteiger partial charge in [0, 0.05) is 17.7 Å². The minimum Gasteiger partial charge on any atom is -0.457 e. The molecule has 7 heteroatoms. The van der Waals surface area contributed by atoms with Gasteiger partial charge in [0.2, 0.25) is 0 Å². The molecule has 0 aliphatic rings. The number of hydrogen-bond acceptors (Lipinski definition) is 5. The first-order valence-corrected chi connectivity index (χ1v) is 8.09. The maximum absolute atomic E-state index is 11.6. The smallest absolute Gasteiger partial charge is 0.308 e. The van der Waals surface area contributed by atoms with Crippen LogP contribution in [0.3, 0.4) is 0 Å². The Labute approximate surface area is 151 Å². The van der Waals surface area contributed by atoms with Crippen molar-refractivity contribution in [2.45, 2.75) is 6.92 Å². The molecule has 0 bridgehead atoms. The fourth-order valence-electron chi connectivity index (χ4n) is 2.33. The molecular weight excluding hydrogens is 388 g/mol. The SMILES string of the molecule is CC(=O)Oc1c(C(N)=O)nc(Br)c2cc(Oc3ccccc3)ccc12. The lowest BCUT2D eigenvalue weighted by Crippen LogP contribution is -2.17. The van der Waals surface area contributed by atoms with Gasteiger partial charge in [-0.2, -0.15) is 0 Å². The number of carbonyl (C=O) groups excluding carboxylic acids is 2. The van der Waals surface area contributed by atoms with E-state index < -0.39 is 11.9 Å². The van der Waals surface area contributed by atoms with Gasteiger partial charge in [0.15, 0.2) is 11.4 Å². The summed E-state index contributed by atoms with van der Waals surface area (Å²) < 4.78 is 11.4. The Kier molecular flexibility index (Phi) is 4.67. The number of rotatable bonds is 4. The van der Waals surface area contributed by atoms with Crippen molar-refractivity contribution in [2.75, 3.05) is 0 Å². The molecule has 0 aliphatic carbocycles. The van der Waals surface area contributed by atoms with Gasteiger partial charge in [-0.15, -0.1) is 0 Å². The highest BCUT2D eigenvalue weighted by Crippen LogP contribution is 2.36. The van der Waals surface area contributed by atoms with Crippen LogP contribution in [-0.2, 0) is 4.79 Å². The number of amides is 1. The van der Waals surface area contributed by atoms with E-state index in [1.807, 2.05) is 30.3 Å². The standard InChI is InChI=1S/C18H13BrN2O4/c1-10(22)24-16-13-8-7-12(25-11-5-3-2-4-6-11)9-14(13)17(19)21-15(16)18(20)23/h2-9H,1H3,(H2,20,23). The summed E-state index contributed by atoms with van der Waals surface area (Å²) in [5.74, 6) is -0.0767. The van der Waals surface area contributed by atoms with E-state index in [4.69, 9.17) is 15.2 Å². The third-order valence-corrected chi connectivity index (χ3v) is 3.95. The maximum atomic E-state index is 11.6. The summed E-state index contributed by atoms with van der Waals surface area (Å²) in [5.41, 5.74) is 5.22. The number of halogens is 1. The van der Waals surface area contributed by atoms with Crippen LogP contribution >= 0.6 is 15.9 Å². The molecule has 25 heavy (non-hydrogen) atoms. The Morgan fingerprint density at radius 1 is 1.04 bits per heavy atom. The van der Waals surface area contributed by atoms with Gasteiger partial charge in [-0.3, -0.25) is 9.59 Å². The molecule has 0 unspecified atom stereocenters. The summed E-state index contributed by atoms with van der Waals surface area (Å²) >= 11 is 3.32. The Morgan fingerprint density at radius 2 is 1.76 bits per heavy atom. The van der Waals surface area contributed by atoms with Crippen LogP contribution in [0.15, 0.2) is 53.1 Å². The molecule has 3 rings (SSSR count). The highest BCUT2D eigenvalue weighted by Gasteiger charge is 2.20. The number of carbonyl (C=O) groups is 2. The van der Waals surface area contributed by atoms with E-state index in [0.717, 1.165) is 0 Å². The topological polar surface area (TPSA) is 91.5 Å². The van der Waals surface area contributed by atoms with E-state index in [0.29, 0.717) is 26.9 Å². The normalized spacial score (nSPS) is 10.5. The van der Waals surface area contributed by atoms with Crippen molar-refractivity contribution in [2.24, 2.45) is 5.73 Å². The zero-order valence-electron chi connectivity index (χ0n) is 13.2. The maximum Gasteiger partial charge on any atom is 0.308 e. The molecule has 1 aromatic heterocycles. The van der Waals surface area contributed by atoms with E-state index in [1.54, 1.807) is 18.2 Å². The van der Waals surface area contributed by atoms with E-state index in [1.165, 1.54) is 6.92 Å². The quantitative estimate of drug-likeness (QED) is 0.530. The molecular formula is C18H13BrN2O4. The fourth-order valence-corrected chi connectivity index (χ4v) is 2.84. The summed E-state index contributed by atoms with van der Waals surface area (Å²) in [7, 11) is 0. The van der Waals surface area contributed by atoms with Gasteiger partial charge in [0.25, 0.3) is 5.91 Å². The van der Waals surface area contributed by atoms with E-state index in [9.17, 15) is 9.59 Å². The number of nitrogens with two attached hydrogens (primary N) is 1. The second kappa shape index (κ2) is 6.90. The number of ether oxygens (including phenoxy) is 2. The molecule has 1 amide bonds. The number of hydrogen-bond donors (Lipinski definition) is 1. The van der Waals surface area contributed by atoms with E-state index >= 15 is 0 Å². The third kappa shape index (κ3) is 3.61. The third-order valence-electron chi connectivity index (χ3n) is 3.34. The monoisotopic (exact) mass is 400 g/mol. The molecule has 0 radical (unpaired) electrons. The summed E-state index contributed by atoms with van der Waals surface area (Å²) in [5, 5.41) is 1.14. The lowest BCUT2D eigenvalue weighted by atomic mass is 10.1. The van der Waals surface area contributed by atoms with Crippen molar-refractivity contribution in [1.29, 1.82) is 0 Å². The minimum absolute atomic E-state index is 0.0319. The first kappa shape index (κ1) is 16.9. The van der Waals surface area contributed by atoms with Crippen molar-refractivity contribution in [3.63, 3.8) is 0 Å². The molecule has 6 nitrogen and oxygen atoms in total. The van der Waals surface area contributed by atoms with Gasteiger partial charge in [0.05, 0.1) is 0 Å². The second-order valence-electron chi connectivity index (χ2n) is 5.16. The predicted molar refractivity (Wildman–Crippen MR) is 95.8 cm³/mol. The number of benzene rings is 2. The van der Waals surface area contributed by atoms with Gasteiger partial charge in [0.1, 0.15) is 16.1 Å². The van der Waals surface area contributed by atoms with Crippen LogP contribution < -0.4 is 15.2 Å². The molecule has 0 saturated carbocycles. The number of fused-ring (bicyclic) bond motifs is 1. The second-order valence-corrected chi connectivity index (χ2v) is 5.91. The van der Waals surface area contributed by atoms with Crippen molar-refractivity contribution in [1.82, 2.24) is 4.98 Å². The van der Waals surface area contributed by atoms with Crippen LogP contribution in [0.25, 0.3) is 10.8 Å². The number of esters is 1. The number of para-hydroxylation sites is 1. The molecule has 0 spiro atoms. The highest BCUT2D eigenvalue weighted by molar-refractivity contribution is 9.10. The number of primary amides is 1. The molecule has 126 valence electrons. The van der Waals surface area contributed by atoms with Crippen molar-refractivity contribution >= 4 is 38.6 Å². The van der Waals surface area contributed by atoms with Crippen LogP contribution in [0.2, 0.25) is 0 Å². The van der Waals surface area contributed by atoms with E-state index in [2.05, 4.69) is 20.9 Å². The first-order chi connectivity index (χ1) is 12.0. The Bertz CT molecular complexity index is 974. The molecule has 0 saturated heterocycles. The molecule has 3 aromatic rings. The van der Waals surface area contributed by atoms with Crippen LogP contribution in [-0.4, -0.2) is 16.9 Å². The van der Waals surface area contributed by atoms with Crippen molar-refractivity contribution < 1.29 is 19.1 Å². The van der Waals surface area contributed by atoms with Gasteiger partial charge in [-0.1, -0.05) is 18.2 Å². The minimum atomic E-state index is -0.788. The Morgan fingerprint density at radius 3 is 2.40 bits per heavy atom. The summed E-state index contributed by atoms with van der Waals surface area (Å²) in [4.78, 5) is 27.1. The Hall–Kier alpha value is -2.93. The molecule has 0 fully saturated rings. The van der Waals surface area contributed by atoms with Crippen LogP contribution in [0.4, 0.5) is 0 Å². The number of aromatic nitrogens is 1. The molecule has 0 aliphatic heterocycles. The summed E-state index contributed by atoms with van der Waals surface area (Å²) in [6.07, 6.45) is 0. The van der Waals surface area contributed by atoms with Gasteiger partial charge in [-0.05, 0) is 46.3 Å². The highest BCUT2D eigenvalue weighted by atomic mass is 79.9. The number of pyridine rings is 1. The Balaban J connectivity index is 2.13. The zero-order valence-corrected chi connectivity index (χ0v) is 14.7. The predicted octanol–water partition coefficient (Wildman–Crippen LogP) is 3.81. The molecule has 0 atom stereocenters. The van der Waals surface area contributed by atoms with Crippen LogP contribution in [0.5, 0.6) is 17.2 Å². The average molecular weight is 401 g/mol. The largest absolute Gasteiger partial charge is 0.457 e. The van der Waals surface area contributed by atoms with Crippen LogP contribution in [0.1, 0.15) is 17.4 Å². The zero-order chi connectivity index (χ0) is 18.0. The first-order valence-electron chi connectivity index (χ1n) is 7.30. The van der Waals surface area contributed by atoms with Crippen molar-refractivity contribution in [3.8, 4) is 17.2 Å². The van der Waals surface area contributed by atoms with Crippen molar-refractivity contribution in [3.05, 3.63) is 58.8 Å². The summed E-state index contributed by atoms with van der Waals surface area (Å²) in [6, 6.07) is 14.4. The lowest BCUT2D eigenvalue weighted by molar-refractivity contribution is -0.131. The average Bonchev–Trinajstić information content (AvgIpc) is 2.57. The lowest BCUT2D eigenvalue weighted by Gasteiger charge is -2.12. The summed E-state index contributed by atoms with van der Waals surface area (Å²) in [6.45, 7) is 1.24. The molecule has 1 heterocycles. The number of nitrogens with zero attached hydrogens (tertiary/aromatic N) is 1. The van der Waals surface area contributed by atoms with Gasteiger partial charge in [-0.25, -0.2) is 4.98 Å².